The molecule has 0 atom stereocenters. The second-order valence-electron chi connectivity index (χ2n) is 1.83. The standard InChI is InChI=1S/C6H5N3.3H2O/c1-2-4-6-5(3-1)7-9-8-6;;;/h1-4H,(H,7,8,9);3*1H2. The molecule has 2 aromatic rings. The first-order valence-corrected chi connectivity index (χ1v) is 2.72. The highest BCUT2D eigenvalue weighted by molar-refractivity contribution is 5.72. The minimum Gasteiger partial charge on any atom is -0.412 e. The summed E-state index contributed by atoms with van der Waals surface area (Å²) in [4.78, 5) is 0. The molecule has 0 aliphatic carbocycles. The molecule has 0 saturated heterocycles. The molecule has 0 unspecified atom stereocenters. The Balaban J connectivity index is 0. The first-order valence-electron chi connectivity index (χ1n) is 2.72. The van der Waals surface area contributed by atoms with Gasteiger partial charge in [0, 0.05) is 0 Å². The number of aromatic amines is 1. The zero-order valence-electron chi connectivity index (χ0n) is 6.20. The number of fused-ring (bicyclic) bond motifs is 1. The van der Waals surface area contributed by atoms with Gasteiger partial charge in [-0.1, -0.05) is 17.3 Å². The SMILES string of the molecule is O.O.O.c1ccc2[nH]nnc2c1. The molecule has 0 amide bonds. The number of para-hydroxylation sites is 1. The molecule has 0 bridgehead atoms. The van der Waals surface area contributed by atoms with Gasteiger partial charge in [-0.05, 0) is 12.1 Å². The molecule has 0 aliphatic heterocycles. The first-order chi connectivity index (χ1) is 4.47. The lowest BCUT2D eigenvalue weighted by Crippen LogP contribution is -1.63. The molecule has 12 heavy (non-hydrogen) atoms. The van der Waals surface area contributed by atoms with Crippen LogP contribution in [0.3, 0.4) is 0 Å². The molecule has 0 aliphatic rings. The summed E-state index contributed by atoms with van der Waals surface area (Å²) in [5.74, 6) is 0. The number of nitrogens with zero attached hydrogens (tertiary/aromatic N) is 2. The number of benzene rings is 1. The van der Waals surface area contributed by atoms with Crippen LogP contribution in [0.4, 0.5) is 0 Å². The van der Waals surface area contributed by atoms with Gasteiger partial charge in [0.2, 0.25) is 0 Å². The van der Waals surface area contributed by atoms with E-state index in [0.717, 1.165) is 11.0 Å². The number of nitrogens with one attached hydrogen (secondary N) is 1. The van der Waals surface area contributed by atoms with Crippen molar-refractivity contribution in [3.63, 3.8) is 0 Å². The Hall–Kier alpha value is -1.50. The van der Waals surface area contributed by atoms with Crippen LogP contribution in [-0.4, -0.2) is 31.8 Å². The maximum absolute atomic E-state index is 3.81. The minimum absolute atomic E-state index is 0. The average molecular weight is 173 g/mol. The van der Waals surface area contributed by atoms with E-state index in [1.54, 1.807) is 0 Å². The second-order valence-corrected chi connectivity index (χ2v) is 1.83. The van der Waals surface area contributed by atoms with Crippen molar-refractivity contribution in [1.29, 1.82) is 0 Å². The number of H-pyrrole nitrogens is 1. The second kappa shape index (κ2) is 5.19. The molecule has 6 heteroatoms. The minimum atomic E-state index is 0. The van der Waals surface area contributed by atoms with Crippen LogP contribution in [0.5, 0.6) is 0 Å². The molecular weight excluding hydrogens is 162 g/mol. The molecule has 0 spiro atoms. The van der Waals surface area contributed by atoms with Crippen LogP contribution in [0.25, 0.3) is 11.0 Å². The zero-order valence-corrected chi connectivity index (χ0v) is 6.20. The van der Waals surface area contributed by atoms with Crippen LogP contribution in [0.1, 0.15) is 0 Å². The molecule has 1 aromatic carbocycles. The van der Waals surface area contributed by atoms with Crippen molar-refractivity contribution in [2.75, 3.05) is 0 Å². The van der Waals surface area contributed by atoms with Crippen LogP contribution in [0.15, 0.2) is 24.3 Å². The number of hydrogen-bond donors (Lipinski definition) is 1. The fourth-order valence-corrected chi connectivity index (χ4v) is 0.788. The highest BCUT2D eigenvalue weighted by Crippen LogP contribution is 2.03. The summed E-state index contributed by atoms with van der Waals surface area (Å²) < 4.78 is 0. The molecule has 0 radical (unpaired) electrons. The lowest BCUT2D eigenvalue weighted by atomic mass is 10.3. The Kier molecular flexibility index (Phi) is 5.67. The summed E-state index contributed by atoms with van der Waals surface area (Å²) in [6.07, 6.45) is 0. The average Bonchev–Trinajstić information content (AvgIpc) is 2.33. The van der Waals surface area contributed by atoms with Crippen molar-refractivity contribution < 1.29 is 16.4 Å². The van der Waals surface area contributed by atoms with Crippen molar-refractivity contribution in [1.82, 2.24) is 15.4 Å². The van der Waals surface area contributed by atoms with Gasteiger partial charge in [-0.25, -0.2) is 0 Å². The molecule has 6 nitrogen and oxygen atoms in total. The fraction of sp³-hybridized carbons (Fsp3) is 0. The predicted octanol–water partition coefficient (Wildman–Crippen LogP) is -1.52. The van der Waals surface area contributed by atoms with E-state index in [4.69, 9.17) is 0 Å². The van der Waals surface area contributed by atoms with Gasteiger partial charge in [-0.2, -0.15) is 0 Å². The molecule has 2 rings (SSSR count). The molecule has 7 N–H and O–H groups in total. The summed E-state index contributed by atoms with van der Waals surface area (Å²) in [6, 6.07) is 7.74. The van der Waals surface area contributed by atoms with Crippen LogP contribution in [0, 0.1) is 0 Å². The van der Waals surface area contributed by atoms with E-state index in [0.29, 0.717) is 0 Å². The van der Waals surface area contributed by atoms with E-state index in [1.165, 1.54) is 0 Å². The predicted molar refractivity (Wildman–Crippen MR) is 44.7 cm³/mol. The molecule has 1 aromatic heterocycles. The Labute approximate surface area is 68.1 Å². The van der Waals surface area contributed by atoms with Crippen molar-refractivity contribution in [3.8, 4) is 0 Å². The van der Waals surface area contributed by atoms with Crippen molar-refractivity contribution in [2.45, 2.75) is 0 Å². The molecule has 68 valence electrons. The Morgan fingerprint density at radius 3 is 2.33 bits per heavy atom. The van der Waals surface area contributed by atoms with Gasteiger partial charge in [0.25, 0.3) is 0 Å². The van der Waals surface area contributed by atoms with Gasteiger partial charge in [0.1, 0.15) is 5.52 Å². The normalized spacial score (nSPS) is 7.67. The van der Waals surface area contributed by atoms with E-state index >= 15 is 0 Å². The van der Waals surface area contributed by atoms with E-state index in [9.17, 15) is 0 Å². The third-order valence-electron chi connectivity index (χ3n) is 1.23. The van der Waals surface area contributed by atoms with Gasteiger partial charge >= 0.3 is 0 Å². The van der Waals surface area contributed by atoms with Crippen LogP contribution >= 0.6 is 0 Å². The first kappa shape index (κ1) is 13.1. The van der Waals surface area contributed by atoms with Crippen LogP contribution < -0.4 is 0 Å². The van der Waals surface area contributed by atoms with Gasteiger partial charge in [-0.15, -0.1) is 5.10 Å². The largest absolute Gasteiger partial charge is 0.412 e. The Morgan fingerprint density at radius 1 is 1.00 bits per heavy atom. The third kappa shape index (κ3) is 1.99. The summed E-state index contributed by atoms with van der Waals surface area (Å²) in [5.41, 5.74) is 1.90. The van der Waals surface area contributed by atoms with E-state index in [2.05, 4.69) is 15.4 Å². The van der Waals surface area contributed by atoms with Crippen molar-refractivity contribution in [3.05, 3.63) is 24.3 Å². The van der Waals surface area contributed by atoms with Gasteiger partial charge in [0.05, 0.1) is 5.52 Å². The number of aromatic nitrogens is 3. The van der Waals surface area contributed by atoms with Crippen LogP contribution in [-0.2, 0) is 0 Å². The van der Waals surface area contributed by atoms with Gasteiger partial charge < -0.3 is 16.4 Å². The maximum Gasteiger partial charge on any atom is 0.112 e. The maximum atomic E-state index is 3.81. The fourth-order valence-electron chi connectivity index (χ4n) is 0.788. The molecular formula is C6H11N3O3. The Bertz CT molecular complexity index is 292. The Morgan fingerprint density at radius 2 is 1.67 bits per heavy atom. The highest BCUT2D eigenvalue weighted by atomic mass is 16.0. The summed E-state index contributed by atoms with van der Waals surface area (Å²) in [5, 5.41) is 10.2. The smallest absolute Gasteiger partial charge is 0.112 e. The lowest BCUT2D eigenvalue weighted by Gasteiger charge is -1.79. The van der Waals surface area contributed by atoms with Crippen molar-refractivity contribution in [2.24, 2.45) is 0 Å². The molecule has 1 heterocycles. The van der Waals surface area contributed by atoms with Crippen LogP contribution in [0.2, 0.25) is 0 Å². The highest BCUT2D eigenvalue weighted by Gasteiger charge is 1.90. The van der Waals surface area contributed by atoms with Crippen molar-refractivity contribution >= 4 is 11.0 Å². The summed E-state index contributed by atoms with van der Waals surface area (Å²) in [7, 11) is 0. The molecule has 0 saturated carbocycles. The number of hydrogen-bond acceptors (Lipinski definition) is 2. The van der Waals surface area contributed by atoms with E-state index in [1.807, 2.05) is 24.3 Å². The topological polar surface area (TPSA) is 136 Å². The quantitative estimate of drug-likeness (QED) is 0.517. The summed E-state index contributed by atoms with van der Waals surface area (Å²) >= 11 is 0. The molecule has 0 fully saturated rings. The third-order valence-corrected chi connectivity index (χ3v) is 1.23. The van der Waals surface area contributed by atoms with E-state index < -0.39 is 0 Å². The zero-order chi connectivity index (χ0) is 6.10. The summed E-state index contributed by atoms with van der Waals surface area (Å²) in [6.45, 7) is 0. The van der Waals surface area contributed by atoms with E-state index in [-0.39, 0.29) is 16.4 Å². The monoisotopic (exact) mass is 173 g/mol. The van der Waals surface area contributed by atoms with Gasteiger partial charge in [0.15, 0.2) is 0 Å². The van der Waals surface area contributed by atoms with Gasteiger partial charge in [-0.3, -0.25) is 5.10 Å². The lowest BCUT2D eigenvalue weighted by molar-refractivity contribution is 0.823. The number of rotatable bonds is 0.